The number of rotatable bonds is 59. The third kappa shape index (κ3) is 58.7. The molecule has 0 heterocycles. The number of allylic oxidation sites excluding steroid dienone is 4. The van der Waals surface area contributed by atoms with Crippen LogP contribution in [0.2, 0.25) is 0 Å². The molecule has 71 heavy (non-hydrogen) atoms. The van der Waals surface area contributed by atoms with Gasteiger partial charge < -0.3 is 14.2 Å². The van der Waals surface area contributed by atoms with Gasteiger partial charge >= 0.3 is 17.9 Å². The van der Waals surface area contributed by atoms with Crippen LogP contribution in [0, 0.1) is 0 Å². The standard InChI is InChI=1S/C65H122O6/c1-4-7-10-13-16-19-22-24-26-28-29-30-31-32-33-34-35-36-37-38-40-41-43-46-49-52-55-58-64(67)70-61-62(60-69-63(66)57-54-51-48-45-21-18-15-12-9-6-3)71-65(68)59-56-53-50-47-44-42-39-27-25-23-20-17-14-11-8-5-2/h12,15,27,39,62H,4-11,13-14,16-26,28-38,40-61H2,1-3H3/b15-12-,39-27-. The van der Waals surface area contributed by atoms with E-state index in [1.165, 1.54) is 238 Å². The van der Waals surface area contributed by atoms with Gasteiger partial charge in [-0.1, -0.05) is 295 Å². The molecule has 0 aromatic rings. The first-order valence-corrected chi connectivity index (χ1v) is 31.8. The Morgan fingerprint density at radius 1 is 0.268 bits per heavy atom. The molecule has 0 amide bonds. The molecule has 6 heteroatoms. The average Bonchev–Trinajstić information content (AvgIpc) is 3.37. The van der Waals surface area contributed by atoms with E-state index in [4.69, 9.17) is 14.2 Å². The van der Waals surface area contributed by atoms with E-state index in [2.05, 4.69) is 45.1 Å². The van der Waals surface area contributed by atoms with Crippen molar-refractivity contribution in [2.45, 2.75) is 361 Å². The van der Waals surface area contributed by atoms with Crippen molar-refractivity contribution < 1.29 is 28.6 Å². The fourth-order valence-electron chi connectivity index (χ4n) is 9.62. The molecule has 1 unspecified atom stereocenters. The first-order valence-electron chi connectivity index (χ1n) is 31.8. The smallest absolute Gasteiger partial charge is 0.306 e. The molecule has 0 bridgehead atoms. The molecule has 0 aliphatic rings. The van der Waals surface area contributed by atoms with Crippen molar-refractivity contribution in [1.82, 2.24) is 0 Å². The third-order valence-electron chi connectivity index (χ3n) is 14.4. The Balaban J connectivity index is 4.13. The Labute approximate surface area is 443 Å². The van der Waals surface area contributed by atoms with Gasteiger partial charge in [0.05, 0.1) is 0 Å². The van der Waals surface area contributed by atoms with Gasteiger partial charge in [-0.2, -0.15) is 0 Å². The van der Waals surface area contributed by atoms with Crippen LogP contribution in [0.3, 0.4) is 0 Å². The minimum atomic E-state index is -0.775. The average molecular weight is 1000 g/mol. The molecule has 0 rings (SSSR count). The van der Waals surface area contributed by atoms with E-state index in [1.807, 2.05) is 0 Å². The summed E-state index contributed by atoms with van der Waals surface area (Å²) < 4.78 is 16.9. The van der Waals surface area contributed by atoms with Crippen molar-refractivity contribution in [2.24, 2.45) is 0 Å². The van der Waals surface area contributed by atoms with Gasteiger partial charge in [0.2, 0.25) is 0 Å². The summed E-state index contributed by atoms with van der Waals surface area (Å²) in [4.78, 5) is 38.1. The summed E-state index contributed by atoms with van der Waals surface area (Å²) in [5.74, 6) is -0.871. The van der Waals surface area contributed by atoms with Crippen LogP contribution in [-0.4, -0.2) is 37.2 Å². The molecular weight excluding hydrogens is 877 g/mol. The minimum Gasteiger partial charge on any atom is -0.462 e. The van der Waals surface area contributed by atoms with Gasteiger partial charge in [-0.05, 0) is 64.2 Å². The van der Waals surface area contributed by atoms with E-state index < -0.39 is 6.10 Å². The number of hydrogen-bond acceptors (Lipinski definition) is 6. The van der Waals surface area contributed by atoms with E-state index >= 15 is 0 Å². The van der Waals surface area contributed by atoms with Crippen molar-refractivity contribution in [2.75, 3.05) is 13.2 Å². The van der Waals surface area contributed by atoms with Crippen LogP contribution in [0.25, 0.3) is 0 Å². The summed E-state index contributed by atoms with van der Waals surface area (Å²) in [5, 5.41) is 0. The molecular formula is C65H122O6. The summed E-state index contributed by atoms with van der Waals surface area (Å²) in [5.41, 5.74) is 0. The van der Waals surface area contributed by atoms with Gasteiger partial charge in [-0.15, -0.1) is 0 Å². The molecule has 0 aromatic carbocycles. The number of esters is 3. The second-order valence-electron chi connectivity index (χ2n) is 21.7. The van der Waals surface area contributed by atoms with E-state index in [0.29, 0.717) is 19.3 Å². The van der Waals surface area contributed by atoms with Crippen LogP contribution in [0.1, 0.15) is 355 Å². The van der Waals surface area contributed by atoms with Gasteiger partial charge in [-0.3, -0.25) is 14.4 Å². The van der Waals surface area contributed by atoms with E-state index in [9.17, 15) is 14.4 Å². The van der Waals surface area contributed by atoms with Crippen molar-refractivity contribution in [3.8, 4) is 0 Å². The monoisotopic (exact) mass is 999 g/mol. The van der Waals surface area contributed by atoms with E-state index in [1.54, 1.807) is 0 Å². The van der Waals surface area contributed by atoms with Gasteiger partial charge in [0.1, 0.15) is 13.2 Å². The summed E-state index contributed by atoms with van der Waals surface area (Å²) in [6.07, 6.45) is 72.1. The Bertz CT molecular complexity index is 1150. The lowest BCUT2D eigenvalue weighted by Gasteiger charge is -2.18. The molecule has 6 nitrogen and oxygen atoms in total. The van der Waals surface area contributed by atoms with Gasteiger partial charge in [0.25, 0.3) is 0 Å². The highest BCUT2D eigenvalue weighted by atomic mass is 16.6. The lowest BCUT2D eigenvalue weighted by atomic mass is 10.0. The van der Waals surface area contributed by atoms with Gasteiger partial charge in [-0.25, -0.2) is 0 Å². The molecule has 418 valence electrons. The maximum atomic E-state index is 12.8. The second-order valence-corrected chi connectivity index (χ2v) is 21.7. The number of carbonyl (C=O) groups is 3. The maximum absolute atomic E-state index is 12.8. The van der Waals surface area contributed by atoms with E-state index in [0.717, 1.165) is 77.0 Å². The largest absolute Gasteiger partial charge is 0.462 e. The number of unbranched alkanes of at least 4 members (excludes halogenated alkanes) is 44. The fraction of sp³-hybridized carbons (Fsp3) is 0.892. The van der Waals surface area contributed by atoms with Gasteiger partial charge in [0.15, 0.2) is 6.10 Å². The molecule has 0 aliphatic carbocycles. The molecule has 0 aliphatic heterocycles. The Morgan fingerprint density at radius 3 is 0.761 bits per heavy atom. The Hall–Kier alpha value is -2.11. The second kappa shape index (κ2) is 60.4. The highest BCUT2D eigenvalue weighted by molar-refractivity contribution is 5.71. The first-order chi connectivity index (χ1) is 35.0. The zero-order valence-corrected chi connectivity index (χ0v) is 48.0. The van der Waals surface area contributed by atoms with Gasteiger partial charge in [0, 0.05) is 19.3 Å². The zero-order chi connectivity index (χ0) is 51.4. The summed E-state index contributed by atoms with van der Waals surface area (Å²) in [6.45, 7) is 6.62. The van der Waals surface area contributed by atoms with Crippen molar-refractivity contribution in [1.29, 1.82) is 0 Å². The Kier molecular flexibility index (Phi) is 58.6. The highest BCUT2D eigenvalue weighted by Crippen LogP contribution is 2.18. The number of hydrogen-bond donors (Lipinski definition) is 0. The van der Waals surface area contributed by atoms with Crippen LogP contribution in [0.4, 0.5) is 0 Å². The third-order valence-corrected chi connectivity index (χ3v) is 14.4. The first kappa shape index (κ1) is 68.9. The number of carbonyl (C=O) groups excluding carboxylic acids is 3. The van der Waals surface area contributed by atoms with E-state index in [-0.39, 0.29) is 31.1 Å². The summed E-state index contributed by atoms with van der Waals surface area (Å²) >= 11 is 0. The van der Waals surface area contributed by atoms with Crippen LogP contribution in [-0.2, 0) is 28.6 Å². The zero-order valence-electron chi connectivity index (χ0n) is 48.0. The predicted molar refractivity (Wildman–Crippen MR) is 307 cm³/mol. The summed E-state index contributed by atoms with van der Waals surface area (Å²) in [7, 11) is 0. The molecule has 0 saturated carbocycles. The normalized spacial score (nSPS) is 12.1. The predicted octanol–water partition coefficient (Wildman–Crippen LogP) is 21.4. The Morgan fingerprint density at radius 2 is 0.493 bits per heavy atom. The molecule has 0 saturated heterocycles. The molecule has 0 fully saturated rings. The molecule has 0 N–H and O–H groups in total. The SMILES string of the molecule is CCC/C=C\CCCCCCCC(=O)OCC(COC(=O)CCCCCCCCCCCCCCCCCCCCCCCCCCCCC)OC(=O)CCCCCCC/C=C\CCCCCCCCC. The highest BCUT2D eigenvalue weighted by Gasteiger charge is 2.19. The topological polar surface area (TPSA) is 78.9 Å². The van der Waals surface area contributed by atoms with Crippen LogP contribution in [0.15, 0.2) is 24.3 Å². The minimum absolute atomic E-state index is 0.0729. The maximum Gasteiger partial charge on any atom is 0.306 e. The van der Waals surface area contributed by atoms with Crippen molar-refractivity contribution >= 4 is 17.9 Å². The lowest BCUT2D eigenvalue weighted by molar-refractivity contribution is -0.167. The fourth-order valence-corrected chi connectivity index (χ4v) is 9.62. The van der Waals surface area contributed by atoms with Crippen LogP contribution in [0.5, 0.6) is 0 Å². The molecule has 0 spiro atoms. The molecule has 0 radical (unpaired) electrons. The molecule has 1 atom stereocenters. The molecule has 0 aromatic heterocycles. The lowest BCUT2D eigenvalue weighted by Crippen LogP contribution is -2.30. The number of ether oxygens (including phenoxy) is 3. The quantitative estimate of drug-likeness (QED) is 0.0261. The van der Waals surface area contributed by atoms with Crippen LogP contribution >= 0.6 is 0 Å². The van der Waals surface area contributed by atoms with Crippen molar-refractivity contribution in [3.05, 3.63) is 24.3 Å². The van der Waals surface area contributed by atoms with Crippen molar-refractivity contribution in [3.63, 3.8) is 0 Å². The van der Waals surface area contributed by atoms with Crippen LogP contribution < -0.4 is 0 Å². The summed E-state index contributed by atoms with van der Waals surface area (Å²) in [6, 6.07) is 0.